The Morgan fingerprint density at radius 1 is 1.14 bits per heavy atom. The summed E-state index contributed by atoms with van der Waals surface area (Å²) < 4.78 is 0. The number of nitrogens with zero attached hydrogens (tertiary/aromatic N) is 4. The van der Waals surface area contributed by atoms with Crippen LogP contribution >= 0.6 is 0 Å². The highest BCUT2D eigenvalue weighted by Crippen LogP contribution is 2.11. The van der Waals surface area contributed by atoms with E-state index in [1.165, 1.54) is 6.07 Å². The fourth-order valence-electron chi connectivity index (χ4n) is 1.99. The van der Waals surface area contributed by atoms with E-state index in [4.69, 9.17) is 5.73 Å². The van der Waals surface area contributed by atoms with Crippen LogP contribution in [-0.4, -0.2) is 26.1 Å². The van der Waals surface area contributed by atoms with Crippen LogP contribution in [0.5, 0.6) is 0 Å². The van der Waals surface area contributed by atoms with E-state index in [-0.39, 0.29) is 11.9 Å². The van der Waals surface area contributed by atoms with Gasteiger partial charge in [-0.2, -0.15) is 0 Å². The maximum atomic E-state index is 12.2. The fraction of sp³-hybridized carbons (Fsp3) is 0.357. The van der Waals surface area contributed by atoms with Crippen LogP contribution < -0.4 is 11.1 Å². The number of nitrogens with one attached hydrogen (secondary N) is 1. The molecule has 0 atom stereocenters. The van der Waals surface area contributed by atoms with E-state index in [0.717, 1.165) is 24.2 Å². The molecule has 0 aliphatic rings. The van der Waals surface area contributed by atoms with Crippen molar-refractivity contribution in [3.63, 3.8) is 0 Å². The van der Waals surface area contributed by atoms with Crippen LogP contribution in [-0.2, 0) is 12.8 Å². The minimum atomic E-state index is -0.333. The monoisotopic (exact) mass is 286 g/mol. The Balaban J connectivity index is 2.23. The minimum Gasteiger partial charge on any atom is -0.384 e. The van der Waals surface area contributed by atoms with E-state index < -0.39 is 0 Å². The molecule has 0 aliphatic heterocycles. The molecule has 0 aromatic carbocycles. The Bertz CT molecular complexity index is 650. The Hall–Kier alpha value is -2.57. The van der Waals surface area contributed by atoms with Gasteiger partial charge < -0.3 is 5.73 Å². The van der Waals surface area contributed by atoms with Crippen molar-refractivity contribution < 1.29 is 4.79 Å². The van der Waals surface area contributed by atoms with Gasteiger partial charge in [0.15, 0.2) is 0 Å². The van der Waals surface area contributed by atoms with Crippen molar-refractivity contribution in [2.45, 2.75) is 33.6 Å². The first kappa shape index (κ1) is 14.8. The summed E-state index contributed by atoms with van der Waals surface area (Å²) in [6, 6.07) is 3.16. The molecule has 0 bridgehead atoms. The average molecular weight is 286 g/mol. The standard InChI is InChI=1S/C14H18N6O/c1-4-10-11(5-2)19-20-14(17-10)18-13(21)9-6-8(3)16-12(15)7-9/h6-7H,4-5H2,1-3H3,(H2,15,16)(H,17,18,20,21). The molecule has 0 radical (unpaired) electrons. The van der Waals surface area contributed by atoms with E-state index in [0.29, 0.717) is 17.1 Å². The Labute approximate surface area is 123 Å². The molecule has 7 heteroatoms. The molecule has 0 saturated heterocycles. The van der Waals surface area contributed by atoms with Crippen molar-refractivity contribution in [1.82, 2.24) is 20.2 Å². The van der Waals surface area contributed by atoms with Crippen molar-refractivity contribution >= 4 is 17.7 Å². The molecule has 7 nitrogen and oxygen atoms in total. The Morgan fingerprint density at radius 3 is 2.48 bits per heavy atom. The van der Waals surface area contributed by atoms with Crippen LogP contribution in [0.2, 0.25) is 0 Å². The van der Waals surface area contributed by atoms with Crippen molar-refractivity contribution in [1.29, 1.82) is 0 Å². The highest BCUT2D eigenvalue weighted by atomic mass is 16.1. The van der Waals surface area contributed by atoms with Gasteiger partial charge in [-0.15, -0.1) is 10.2 Å². The maximum Gasteiger partial charge on any atom is 0.258 e. The first-order chi connectivity index (χ1) is 10.0. The van der Waals surface area contributed by atoms with Gasteiger partial charge in [0.05, 0.1) is 11.4 Å². The molecule has 2 aromatic rings. The van der Waals surface area contributed by atoms with Gasteiger partial charge in [0.2, 0.25) is 5.95 Å². The lowest BCUT2D eigenvalue weighted by atomic mass is 10.2. The number of carbonyl (C=O) groups excluding carboxylic acids is 1. The largest absolute Gasteiger partial charge is 0.384 e. The number of amides is 1. The van der Waals surface area contributed by atoms with Crippen LogP contribution in [0, 0.1) is 6.92 Å². The number of anilines is 2. The van der Waals surface area contributed by atoms with Gasteiger partial charge in [-0.1, -0.05) is 13.8 Å². The zero-order valence-corrected chi connectivity index (χ0v) is 12.3. The molecule has 1 amide bonds. The average Bonchev–Trinajstić information content (AvgIpc) is 2.46. The fourth-order valence-corrected chi connectivity index (χ4v) is 1.99. The smallest absolute Gasteiger partial charge is 0.258 e. The molecule has 0 unspecified atom stereocenters. The SMILES string of the molecule is CCc1nnc(NC(=O)c2cc(C)nc(N)c2)nc1CC. The summed E-state index contributed by atoms with van der Waals surface area (Å²) in [7, 11) is 0. The quantitative estimate of drug-likeness (QED) is 0.882. The van der Waals surface area contributed by atoms with E-state index in [2.05, 4.69) is 25.5 Å². The summed E-state index contributed by atoms with van der Waals surface area (Å²) in [5.41, 5.74) is 8.42. The molecule has 2 heterocycles. The van der Waals surface area contributed by atoms with Gasteiger partial charge in [-0.05, 0) is 31.9 Å². The Kier molecular flexibility index (Phi) is 4.42. The summed E-state index contributed by atoms with van der Waals surface area (Å²) in [5.74, 6) is 0.164. The summed E-state index contributed by atoms with van der Waals surface area (Å²) in [5, 5.41) is 10.6. The van der Waals surface area contributed by atoms with Gasteiger partial charge in [0.1, 0.15) is 5.82 Å². The molecule has 3 N–H and O–H groups in total. The van der Waals surface area contributed by atoms with E-state index in [1.54, 1.807) is 13.0 Å². The van der Waals surface area contributed by atoms with Crippen LogP contribution in [0.1, 0.15) is 41.3 Å². The van der Waals surface area contributed by atoms with Crippen molar-refractivity contribution in [2.24, 2.45) is 0 Å². The predicted molar refractivity (Wildman–Crippen MR) is 79.9 cm³/mol. The van der Waals surface area contributed by atoms with Crippen LogP contribution in [0.3, 0.4) is 0 Å². The molecule has 0 saturated carbocycles. The molecule has 0 spiro atoms. The number of hydrogen-bond acceptors (Lipinski definition) is 6. The van der Waals surface area contributed by atoms with E-state index >= 15 is 0 Å². The third-order valence-corrected chi connectivity index (χ3v) is 2.97. The summed E-state index contributed by atoms with van der Waals surface area (Å²) in [6.45, 7) is 5.75. The second-order valence-electron chi connectivity index (χ2n) is 4.61. The Morgan fingerprint density at radius 2 is 1.86 bits per heavy atom. The topological polar surface area (TPSA) is 107 Å². The first-order valence-electron chi connectivity index (χ1n) is 6.81. The van der Waals surface area contributed by atoms with Gasteiger partial charge in [-0.25, -0.2) is 9.97 Å². The molecular formula is C14H18N6O. The van der Waals surface area contributed by atoms with Gasteiger partial charge in [-0.3, -0.25) is 10.1 Å². The number of carbonyl (C=O) groups is 1. The summed E-state index contributed by atoms with van der Waals surface area (Å²) in [4.78, 5) is 20.5. The lowest BCUT2D eigenvalue weighted by Gasteiger charge is -2.07. The molecule has 0 fully saturated rings. The molecule has 2 rings (SSSR count). The highest BCUT2D eigenvalue weighted by Gasteiger charge is 2.12. The number of aryl methyl sites for hydroxylation is 3. The predicted octanol–water partition coefficient (Wildman–Crippen LogP) is 1.53. The van der Waals surface area contributed by atoms with Gasteiger partial charge >= 0.3 is 0 Å². The zero-order chi connectivity index (χ0) is 15.4. The summed E-state index contributed by atoms with van der Waals surface area (Å²) in [6.07, 6.45) is 1.50. The minimum absolute atomic E-state index is 0.196. The highest BCUT2D eigenvalue weighted by molar-refractivity contribution is 6.03. The number of rotatable bonds is 4. The number of nitrogen functional groups attached to an aromatic ring is 1. The van der Waals surface area contributed by atoms with Crippen molar-refractivity contribution in [2.75, 3.05) is 11.1 Å². The van der Waals surface area contributed by atoms with E-state index in [9.17, 15) is 4.79 Å². The van der Waals surface area contributed by atoms with E-state index in [1.807, 2.05) is 13.8 Å². The lowest BCUT2D eigenvalue weighted by molar-refractivity contribution is 0.102. The third-order valence-electron chi connectivity index (χ3n) is 2.97. The normalized spacial score (nSPS) is 10.4. The second kappa shape index (κ2) is 6.25. The molecular weight excluding hydrogens is 268 g/mol. The van der Waals surface area contributed by atoms with Crippen molar-refractivity contribution in [3.05, 3.63) is 34.8 Å². The number of hydrogen-bond donors (Lipinski definition) is 2. The molecule has 2 aromatic heterocycles. The van der Waals surface area contributed by atoms with Crippen molar-refractivity contribution in [3.8, 4) is 0 Å². The van der Waals surface area contributed by atoms with Crippen LogP contribution in [0.15, 0.2) is 12.1 Å². The zero-order valence-electron chi connectivity index (χ0n) is 12.3. The third kappa shape index (κ3) is 3.50. The number of aromatic nitrogens is 4. The van der Waals surface area contributed by atoms with Gasteiger partial charge in [0, 0.05) is 11.3 Å². The summed E-state index contributed by atoms with van der Waals surface area (Å²) >= 11 is 0. The number of pyridine rings is 1. The lowest BCUT2D eigenvalue weighted by Crippen LogP contribution is -2.17. The molecule has 0 aliphatic carbocycles. The van der Waals surface area contributed by atoms with Crippen LogP contribution in [0.25, 0.3) is 0 Å². The molecule has 110 valence electrons. The first-order valence-corrected chi connectivity index (χ1v) is 6.81. The number of nitrogens with two attached hydrogens (primary N) is 1. The van der Waals surface area contributed by atoms with Gasteiger partial charge in [0.25, 0.3) is 5.91 Å². The maximum absolute atomic E-state index is 12.2. The van der Waals surface area contributed by atoms with Crippen LogP contribution in [0.4, 0.5) is 11.8 Å². The molecule has 21 heavy (non-hydrogen) atoms. The second-order valence-corrected chi connectivity index (χ2v) is 4.61.